The highest BCUT2D eigenvalue weighted by atomic mass is 32.2. The van der Waals surface area contributed by atoms with Gasteiger partial charge >= 0.3 is 0 Å². The molecular formula is C12H18N2OS. The van der Waals surface area contributed by atoms with E-state index in [9.17, 15) is 4.21 Å². The summed E-state index contributed by atoms with van der Waals surface area (Å²) in [6.07, 6.45) is 4.42. The minimum Gasteiger partial charge on any atom is -0.259 e. The molecule has 0 amide bonds. The van der Waals surface area contributed by atoms with Crippen molar-refractivity contribution in [3.8, 4) is 0 Å². The highest BCUT2D eigenvalue weighted by molar-refractivity contribution is 7.93. The number of nitrogens with zero attached hydrogens (tertiary/aromatic N) is 2. The smallest absolute Gasteiger partial charge is 0.0744 e. The van der Waals surface area contributed by atoms with E-state index in [1.54, 1.807) is 6.26 Å². The molecule has 88 valence electrons. The summed E-state index contributed by atoms with van der Waals surface area (Å²) in [5.41, 5.74) is 2.00. The van der Waals surface area contributed by atoms with Crippen LogP contribution in [0.3, 0.4) is 0 Å². The molecule has 0 fully saturated rings. The maximum absolute atomic E-state index is 12.5. The molecule has 0 saturated carbocycles. The lowest BCUT2D eigenvalue weighted by atomic mass is 9.90. The number of fused-ring (bicyclic) bond motifs is 1. The Bertz CT molecular complexity index is 534. The Hall–Kier alpha value is -0.900. The van der Waals surface area contributed by atoms with Gasteiger partial charge in [0, 0.05) is 17.9 Å². The molecule has 4 heteroatoms. The molecule has 3 nitrogen and oxygen atoms in total. The summed E-state index contributed by atoms with van der Waals surface area (Å²) in [4.78, 5) is 5.30. The summed E-state index contributed by atoms with van der Waals surface area (Å²) in [5, 5.41) is 0. The second-order valence-electron chi connectivity index (χ2n) is 5.30. The van der Waals surface area contributed by atoms with E-state index in [4.69, 9.17) is 0 Å². The van der Waals surface area contributed by atoms with Crippen molar-refractivity contribution in [3.63, 3.8) is 0 Å². The lowest BCUT2D eigenvalue weighted by Crippen LogP contribution is -2.22. The van der Waals surface area contributed by atoms with E-state index in [1.807, 2.05) is 12.3 Å². The van der Waals surface area contributed by atoms with Gasteiger partial charge in [-0.2, -0.15) is 0 Å². The fourth-order valence-electron chi connectivity index (χ4n) is 2.05. The fraction of sp³-hybridized carbons (Fsp3) is 0.583. The predicted octanol–water partition coefficient (Wildman–Crippen LogP) is 2.39. The first-order chi connectivity index (χ1) is 7.32. The van der Waals surface area contributed by atoms with E-state index in [1.165, 1.54) is 0 Å². The first kappa shape index (κ1) is 11.6. The second-order valence-corrected chi connectivity index (χ2v) is 7.57. The Kier molecular flexibility index (Phi) is 2.57. The molecular weight excluding hydrogens is 220 g/mol. The quantitative estimate of drug-likeness (QED) is 0.696. The number of pyridine rings is 1. The van der Waals surface area contributed by atoms with E-state index >= 15 is 0 Å². The molecule has 0 aromatic carbocycles. The van der Waals surface area contributed by atoms with Gasteiger partial charge in [-0.05, 0) is 18.1 Å². The van der Waals surface area contributed by atoms with E-state index in [2.05, 4.69) is 30.1 Å². The molecule has 1 aliphatic heterocycles. The zero-order valence-corrected chi connectivity index (χ0v) is 11.1. The van der Waals surface area contributed by atoms with Gasteiger partial charge in [0.05, 0.1) is 26.9 Å². The van der Waals surface area contributed by atoms with Gasteiger partial charge in [-0.1, -0.05) is 20.8 Å². The SMILES string of the molecule is CC(C)(C)c1nccc2c1[S@@](C)(=O)=NCC2. The highest BCUT2D eigenvalue weighted by Crippen LogP contribution is 2.32. The number of hydrogen-bond acceptors (Lipinski definition) is 3. The van der Waals surface area contributed by atoms with Crippen molar-refractivity contribution in [2.45, 2.75) is 37.5 Å². The lowest BCUT2D eigenvalue weighted by molar-refractivity contribution is 0.547. The van der Waals surface area contributed by atoms with Gasteiger partial charge in [-0.3, -0.25) is 4.98 Å². The Morgan fingerprint density at radius 1 is 1.38 bits per heavy atom. The predicted molar refractivity (Wildman–Crippen MR) is 66.3 cm³/mol. The molecule has 0 N–H and O–H groups in total. The van der Waals surface area contributed by atoms with Crippen LogP contribution in [0.15, 0.2) is 21.5 Å². The van der Waals surface area contributed by atoms with Gasteiger partial charge in [0.25, 0.3) is 0 Å². The maximum Gasteiger partial charge on any atom is 0.0744 e. The molecule has 0 radical (unpaired) electrons. The number of rotatable bonds is 0. The van der Waals surface area contributed by atoms with Crippen molar-refractivity contribution in [3.05, 3.63) is 23.5 Å². The van der Waals surface area contributed by atoms with Crippen molar-refractivity contribution in [1.82, 2.24) is 4.98 Å². The van der Waals surface area contributed by atoms with Gasteiger partial charge < -0.3 is 0 Å². The Balaban J connectivity index is 2.79. The van der Waals surface area contributed by atoms with Crippen LogP contribution >= 0.6 is 0 Å². The zero-order valence-electron chi connectivity index (χ0n) is 10.3. The average molecular weight is 238 g/mol. The second kappa shape index (κ2) is 3.55. The maximum atomic E-state index is 12.5. The van der Waals surface area contributed by atoms with Gasteiger partial charge in [0.1, 0.15) is 0 Å². The van der Waals surface area contributed by atoms with E-state index in [0.29, 0.717) is 6.54 Å². The largest absolute Gasteiger partial charge is 0.259 e. The minimum atomic E-state index is -2.24. The molecule has 2 heterocycles. The molecule has 16 heavy (non-hydrogen) atoms. The molecule has 2 rings (SSSR count). The van der Waals surface area contributed by atoms with Crippen LogP contribution in [0.2, 0.25) is 0 Å². The van der Waals surface area contributed by atoms with Crippen LogP contribution in [0.25, 0.3) is 0 Å². The third-order valence-electron chi connectivity index (χ3n) is 2.79. The van der Waals surface area contributed by atoms with Crippen LogP contribution in [0.5, 0.6) is 0 Å². The molecule has 0 saturated heterocycles. The molecule has 0 spiro atoms. The van der Waals surface area contributed by atoms with Crippen LogP contribution in [-0.4, -0.2) is 22.0 Å². The number of aromatic nitrogens is 1. The Morgan fingerprint density at radius 3 is 2.69 bits per heavy atom. The van der Waals surface area contributed by atoms with E-state index < -0.39 is 9.73 Å². The molecule has 0 unspecified atom stereocenters. The van der Waals surface area contributed by atoms with E-state index in [0.717, 1.165) is 22.6 Å². The summed E-state index contributed by atoms with van der Waals surface area (Å²) >= 11 is 0. The highest BCUT2D eigenvalue weighted by Gasteiger charge is 2.27. The van der Waals surface area contributed by atoms with Crippen molar-refractivity contribution in [1.29, 1.82) is 0 Å². The zero-order chi connectivity index (χ0) is 12.0. The first-order valence-electron chi connectivity index (χ1n) is 5.49. The monoisotopic (exact) mass is 238 g/mol. The molecule has 1 aromatic heterocycles. The van der Waals surface area contributed by atoms with Crippen molar-refractivity contribution < 1.29 is 4.21 Å². The first-order valence-corrected chi connectivity index (χ1v) is 7.41. The van der Waals surface area contributed by atoms with Crippen LogP contribution in [0.1, 0.15) is 32.0 Å². The normalized spacial score (nSPS) is 24.8. The average Bonchev–Trinajstić information content (AvgIpc) is 2.15. The van der Waals surface area contributed by atoms with Gasteiger partial charge in [-0.15, -0.1) is 0 Å². The fourth-order valence-corrected chi connectivity index (χ4v) is 3.99. The van der Waals surface area contributed by atoms with Crippen LogP contribution < -0.4 is 0 Å². The van der Waals surface area contributed by atoms with E-state index in [-0.39, 0.29) is 5.41 Å². The van der Waals surface area contributed by atoms with Crippen molar-refractivity contribution in [2.24, 2.45) is 4.36 Å². The van der Waals surface area contributed by atoms with Crippen LogP contribution in [-0.2, 0) is 21.6 Å². The Labute approximate surface area is 97.5 Å². The third-order valence-corrected chi connectivity index (χ3v) is 4.68. The summed E-state index contributed by atoms with van der Waals surface area (Å²) in [5.74, 6) is 0. The number of hydrogen-bond donors (Lipinski definition) is 0. The molecule has 0 bridgehead atoms. The molecule has 1 atom stereocenters. The standard InChI is InChI=1S/C12H18N2OS/c1-12(2,3)11-10-9(5-7-13-11)6-8-14-16(10,4)15/h5,7H,6,8H2,1-4H3/t16-/m1/s1. The van der Waals surface area contributed by atoms with Crippen molar-refractivity contribution in [2.75, 3.05) is 12.8 Å². The summed E-state index contributed by atoms with van der Waals surface area (Å²) < 4.78 is 16.8. The topological polar surface area (TPSA) is 42.3 Å². The lowest BCUT2D eigenvalue weighted by Gasteiger charge is -2.25. The van der Waals surface area contributed by atoms with Crippen LogP contribution in [0, 0.1) is 0 Å². The van der Waals surface area contributed by atoms with Gasteiger partial charge in [0.15, 0.2) is 0 Å². The van der Waals surface area contributed by atoms with Crippen molar-refractivity contribution >= 4 is 9.73 Å². The molecule has 1 aliphatic rings. The summed E-state index contributed by atoms with van der Waals surface area (Å²) in [7, 11) is -2.24. The summed E-state index contributed by atoms with van der Waals surface area (Å²) in [6, 6.07) is 1.97. The van der Waals surface area contributed by atoms with Gasteiger partial charge in [-0.25, -0.2) is 8.57 Å². The Morgan fingerprint density at radius 2 is 2.06 bits per heavy atom. The van der Waals surface area contributed by atoms with Crippen LogP contribution in [0.4, 0.5) is 0 Å². The molecule has 1 aromatic rings. The molecule has 0 aliphatic carbocycles. The summed E-state index contributed by atoms with van der Waals surface area (Å²) in [6.45, 7) is 6.95. The van der Waals surface area contributed by atoms with Gasteiger partial charge in [0.2, 0.25) is 0 Å². The minimum absolute atomic E-state index is 0.0864. The third kappa shape index (κ3) is 1.86.